The maximum absolute atomic E-state index is 6.11. The van der Waals surface area contributed by atoms with E-state index in [2.05, 4.69) is 6.07 Å². The van der Waals surface area contributed by atoms with Gasteiger partial charge in [0, 0.05) is 10.9 Å². The van der Waals surface area contributed by atoms with Crippen molar-refractivity contribution < 1.29 is 0 Å². The molecule has 0 spiro atoms. The zero-order valence-electron chi connectivity index (χ0n) is 9.30. The van der Waals surface area contributed by atoms with E-state index >= 15 is 0 Å². The van der Waals surface area contributed by atoms with Gasteiger partial charge in [-0.3, -0.25) is 4.68 Å². The van der Waals surface area contributed by atoms with Gasteiger partial charge in [-0.1, -0.05) is 42.5 Å². The van der Waals surface area contributed by atoms with Crippen LogP contribution in [0.4, 0.5) is 5.69 Å². The fourth-order valence-corrected chi connectivity index (χ4v) is 2.14. The maximum atomic E-state index is 6.11. The third kappa shape index (κ3) is 1.44. The molecule has 1 heterocycles. The zero-order valence-corrected chi connectivity index (χ0v) is 9.30. The van der Waals surface area contributed by atoms with Gasteiger partial charge in [0.05, 0.1) is 16.9 Å². The van der Waals surface area contributed by atoms with E-state index in [1.165, 1.54) is 0 Å². The number of benzene rings is 2. The van der Waals surface area contributed by atoms with Gasteiger partial charge in [0.1, 0.15) is 0 Å². The molecule has 0 fully saturated rings. The van der Waals surface area contributed by atoms with Gasteiger partial charge >= 0.3 is 0 Å². The van der Waals surface area contributed by atoms with Crippen molar-refractivity contribution in [2.45, 2.75) is 0 Å². The van der Waals surface area contributed by atoms with Gasteiger partial charge in [-0.05, 0) is 12.1 Å². The largest absolute Gasteiger partial charge is 0.397 e. The average molecular weight is 223 g/mol. The summed E-state index contributed by atoms with van der Waals surface area (Å²) in [5, 5.41) is 1.06. The Bertz CT molecular complexity index is 669. The first-order chi connectivity index (χ1) is 8.27. The van der Waals surface area contributed by atoms with E-state index < -0.39 is 0 Å². The first kappa shape index (κ1) is 9.78. The fraction of sp³-hybridized carbons (Fsp3) is 0. The second-order valence-electron chi connectivity index (χ2n) is 4.05. The molecule has 0 saturated carbocycles. The molecule has 3 rings (SSSR count). The van der Waals surface area contributed by atoms with E-state index in [-0.39, 0.29) is 0 Å². The summed E-state index contributed by atoms with van der Waals surface area (Å²) in [6.45, 7) is 0. The van der Waals surface area contributed by atoms with Crippen molar-refractivity contribution in [2.75, 3.05) is 11.6 Å². The van der Waals surface area contributed by atoms with Gasteiger partial charge in [0.25, 0.3) is 0 Å². The zero-order chi connectivity index (χ0) is 11.8. The van der Waals surface area contributed by atoms with Crippen LogP contribution in [0, 0.1) is 0 Å². The molecule has 3 nitrogen and oxygen atoms in total. The number of rotatable bonds is 1. The first-order valence-corrected chi connectivity index (χ1v) is 5.48. The van der Waals surface area contributed by atoms with Crippen molar-refractivity contribution in [3.63, 3.8) is 0 Å². The van der Waals surface area contributed by atoms with Crippen LogP contribution < -0.4 is 11.6 Å². The van der Waals surface area contributed by atoms with Crippen LogP contribution in [0.2, 0.25) is 0 Å². The average Bonchev–Trinajstić information content (AvgIpc) is 2.69. The molecule has 3 aromatic rings. The molecule has 2 aromatic carbocycles. The topological polar surface area (TPSA) is 57.0 Å². The molecule has 0 aliphatic rings. The lowest BCUT2D eigenvalue weighted by Crippen LogP contribution is -2.10. The van der Waals surface area contributed by atoms with Gasteiger partial charge in [-0.25, -0.2) is 0 Å². The summed E-state index contributed by atoms with van der Waals surface area (Å²) in [4.78, 5) is 0. The highest BCUT2D eigenvalue weighted by atomic mass is 15.3. The molecule has 0 atom stereocenters. The third-order valence-electron chi connectivity index (χ3n) is 2.96. The molecule has 17 heavy (non-hydrogen) atoms. The van der Waals surface area contributed by atoms with Gasteiger partial charge in [-0.15, -0.1) is 0 Å². The number of nitrogens with two attached hydrogens (primary N) is 2. The highest BCUT2D eigenvalue weighted by molar-refractivity contribution is 5.94. The van der Waals surface area contributed by atoms with Crippen molar-refractivity contribution in [3.05, 3.63) is 54.6 Å². The number of fused-ring (bicyclic) bond motifs is 1. The Kier molecular flexibility index (Phi) is 2.05. The molecule has 0 aliphatic heterocycles. The second kappa shape index (κ2) is 3.56. The summed E-state index contributed by atoms with van der Waals surface area (Å²) in [5.41, 5.74) is 9.59. The van der Waals surface area contributed by atoms with E-state index in [4.69, 9.17) is 11.6 Å². The Balaban J connectivity index is 2.33. The van der Waals surface area contributed by atoms with Gasteiger partial charge in [0.15, 0.2) is 0 Å². The Hall–Kier alpha value is -2.42. The minimum atomic E-state index is 0.701. The van der Waals surface area contributed by atoms with Crippen molar-refractivity contribution in [1.82, 2.24) is 4.68 Å². The summed E-state index contributed by atoms with van der Waals surface area (Å²) < 4.78 is 1.65. The SMILES string of the molecule is Nc1cccc2cc(-c3ccccc3)n(N)c12. The van der Waals surface area contributed by atoms with Crippen LogP contribution in [0.3, 0.4) is 0 Å². The van der Waals surface area contributed by atoms with E-state index in [1.54, 1.807) is 4.68 Å². The van der Waals surface area contributed by atoms with Crippen LogP contribution in [-0.4, -0.2) is 4.68 Å². The highest BCUT2D eigenvalue weighted by Crippen LogP contribution is 2.29. The molecular weight excluding hydrogens is 210 g/mol. The quantitative estimate of drug-likeness (QED) is 0.492. The lowest BCUT2D eigenvalue weighted by molar-refractivity contribution is 1.08. The third-order valence-corrected chi connectivity index (χ3v) is 2.96. The van der Waals surface area contributed by atoms with Crippen LogP contribution in [-0.2, 0) is 0 Å². The van der Waals surface area contributed by atoms with Crippen LogP contribution in [0.5, 0.6) is 0 Å². The molecule has 0 unspecified atom stereocenters. The van der Waals surface area contributed by atoms with Gasteiger partial charge in [-0.2, -0.15) is 0 Å². The molecule has 0 amide bonds. The van der Waals surface area contributed by atoms with E-state index in [1.807, 2.05) is 48.5 Å². The van der Waals surface area contributed by atoms with E-state index in [0.29, 0.717) is 5.69 Å². The summed E-state index contributed by atoms with van der Waals surface area (Å²) in [6, 6.07) is 17.9. The highest BCUT2D eigenvalue weighted by Gasteiger charge is 2.09. The molecule has 1 aromatic heterocycles. The summed E-state index contributed by atoms with van der Waals surface area (Å²) in [6.07, 6.45) is 0. The second-order valence-corrected chi connectivity index (χ2v) is 4.05. The van der Waals surface area contributed by atoms with Crippen molar-refractivity contribution in [3.8, 4) is 11.3 Å². The number of aromatic nitrogens is 1. The minimum absolute atomic E-state index is 0.701. The normalized spacial score (nSPS) is 10.8. The fourth-order valence-electron chi connectivity index (χ4n) is 2.14. The van der Waals surface area contributed by atoms with Crippen LogP contribution in [0.25, 0.3) is 22.2 Å². The lowest BCUT2D eigenvalue weighted by atomic mass is 10.1. The number of para-hydroxylation sites is 1. The van der Waals surface area contributed by atoms with Gasteiger partial charge in [0.2, 0.25) is 0 Å². The summed E-state index contributed by atoms with van der Waals surface area (Å²) >= 11 is 0. The Labute approximate surface area is 99.2 Å². The number of anilines is 1. The molecular formula is C14H13N3. The monoisotopic (exact) mass is 223 g/mol. The molecule has 4 N–H and O–H groups in total. The van der Waals surface area contributed by atoms with E-state index in [9.17, 15) is 0 Å². The smallest absolute Gasteiger partial charge is 0.0926 e. The van der Waals surface area contributed by atoms with Crippen molar-refractivity contribution in [1.29, 1.82) is 0 Å². The number of hydrogen-bond donors (Lipinski definition) is 2. The predicted octanol–water partition coefficient (Wildman–Crippen LogP) is 2.60. The predicted molar refractivity (Wildman–Crippen MR) is 71.9 cm³/mol. The standard InChI is InChI=1S/C14H13N3/c15-12-8-4-7-11-9-13(17(16)14(11)12)10-5-2-1-3-6-10/h1-9H,15-16H2. The number of nitrogen functional groups attached to an aromatic ring is 2. The van der Waals surface area contributed by atoms with Crippen molar-refractivity contribution in [2.24, 2.45) is 0 Å². The number of nitrogens with zero attached hydrogens (tertiary/aromatic N) is 1. The minimum Gasteiger partial charge on any atom is -0.397 e. The maximum Gasteiger partial charge on any atom is 0.0926 e. The molecule has 3 heteroatoms. The Morgan fingerprint density at radius 1 is 0.882 bits per heavy atom. The van der Waals surface area contributed by atoms with Gasteiger partial charge < -0.3 is 11.6 Å². The molecule has 0 aliphatic carbocycles. The molecule has 84 valence electrons. The van der Waals surface area contributed by atoms with Crippen LogP contribution >= 0.6 is 0 Å². The summed E-state index contributed by atoms with van der Waals surface area (Å²) in [7, 11) is 0. The number of hydrogen-bond acceptors (Lipinski definition) is 2. The van der Waals surface area contributed by atoms with E-state index in [0.717, 1.165) is 22.2 Å². The Morgan fingerprint density at radius 3 is 2.35 bits per heavy atom. The Morgan fingerprint density at radius 2 is 1.65 bits per heavy atom. The molecule has 0 saturated heterocycles. The van der Waals surface area contributed by atoms with Crippen molar-refractivity contribution >= 4 is 16.6 Å². The first-order valence-electron chi connectivity index (χ1n) is 5.48. The van der Waals surface area contributed by atoms with Crippen LogP contribution in [0.1, 0.15) is 0 Å². The summed E-state index contributed by atoms with van der Waals surface area (Å²) in [5.74, 6) is 6.11. The van der Waals surface area contributed by atoms with Crippen LogP contribution in [0.15, 0.2) is 54.6 Å². The molecule has 0 bridgehead atoms. The lowest BCUT2D eigenvalue weighted by Gasteiger charge is -2.05. The molecule has 0 radical (unpaired) electrons.